The molecule has 0 spiro atoms. The molecule has 1 aliphatic rings. The van der Waals surface area contributed by atoms with E-state index in [-0.39, 0.29) is 17.1 Å². The number of nitrogens with one attached hydrogen (secondary N) is 2. The standard InChI is InChI=1S/C22H30N6O/c1-14-8-10-27(11-9-14)19(20-24-25-26-28(20)22(3,4)5)17-13-16-7-6-15(2)12-18(16)23-21(17)29/h6-7,12-14,19H,8-11H2,1-5H3,(H,23,29)/p+1/t19-/m0/s1. The molecule has 7 nitrogen and oxygen atoms in total. The molecule has 7 heteroatoms. The van der Waals surface area contributed by atoms with Crippen LogP contribution in [0.25, 0.3) is 10.9 Å². The first-order valence-corrected chi connectivity index (χ1v) is 10.5. The monoisotopic (exact) mass is 395 g/mol. The van der Waals surface area contributed by atoms with Gasteiger partial charge in [0.2, 0.25) is 5.82 Å². The van der Waals surface area contributed by atoms with Crippen LogP contribution in [-0.4, -0.2) is 38.3 Å². The minimum absolute atomic E-state index is 0.0531. The van der Waals surface area contributed by atoms with Crippen LogP contribution in [0.3, 0.4) is 0 Å². The summed E-state index contributed by atoms with van der Waals surface area (Å²) in [5.74, 6) is 1.48. The molecule has 2 aromatic heterocycles. The molecular weight excluding hydrogens is 364 g/mol. The van der Waals surface area contributed by atoms with Gasteiger partial charge in [0.15, 0.2) is 6.04 Å². The van der Waals surface area contributed by atoms with Crippen molar-refractivity contribution in [2.45, 2.75) is 59.0 Å². The summed E-state index contributed by atoms with van der Waals surface area (Å²) in [5.41, 5.74) is 2.43. The topological polar surface area (TPSA) is 80.9 Å². The van der Waals surface area contributed by atoms with Crippen LogP contribution in [-0.2, 0) is 5.54 Å². The number of benzene rings is 1. The Bertz CT molecular complexity index is 1070. The summed E-state index contributed by atoms with van der Waals surface area (Å²) in [5, 5.41) is 13.7. The Morgan fingerprint density at radius 1 is 1.21 bits per heavy atom. The van der Waals surface area contributed by atoms with Gasteiger partial charge < -0.3 is 9.88 Å². The molecule has 154 valence electrons. The number of tetrazole rings is 1. The lowest BCUT2D eigenvalue weighted by molar-refractivity contribution is -0.932. The number of piperidine rings is 1. The van der Waals surface area contributed by atoms with E-state index in [0.29, 0.717) is 0 Å². The Labute approximate surface area is 171 Å². The summed E-state index contributed by atoms with van der Waals surface area (Å²) < 4.78 is 1.88. The highest BCUT2D eigenvalue weighted by atomic mass is 16.1. The maximum absolute atomic E-state index is 13.2. The number of likely N-dealkylation sites (tertiary alicyclic amines) is 1. The Morgan fingerprint density at radius 3 is 2.62 bits per heavy atom. The number of aromatic nitrogens is 5. The van der Waals surface area contributed by atoms with Crippen molar-refractivity contribution < 1.29 is 4.90 Å². The predicted molar refractivity (Wildman–Crippen MR) is 113 cm³/mol. The van der Waals surface area contributed by atoms with Crippen molar-refractivity contribution in [3.8, 4) is 0 Å². The molecule has 4 rings (SSSR count). The predicted octanol–water partition coefficient (Wildman–Crippen LogP) is 1.98. The van der Waals surface area contributed by atoms with E-state index < -0.39 is 0 Å². The third kappa shape index (κ3) is 3.83. The minimum Gasteiger partial charge on any atom is -0.322 e. The molecule has 1 fully saturated rings. The number of aryl methyl sites for hydroxylation is 1. The molecule has 3 aromatic rings. The highest BCUT2D eigenvalue weighted by molar-refractivity contribution is 5.79. The quantitative estimate of drug-likeness (QED) is 0.711. The van der Waals surface area contributed by atoms with Crippen molar-refractivity contribution in [3.05, 3.63) is 51.6 Å². The van der Waals surface area contributed by atoms with Gasteiger partial charge in [0.1, 0.15) is 0 Å². The fraction of sp³-hybridized carbons (Fsp3) is 0.545. The Hall–Kier alpha value is -2.54. The lowest BCUT2D eigenvalue weighted by Gasteiger charge is -2.34. The molecule has 1 saturated heterocycles. The number of nitrogens with zero attached hydrogens (tertiary/aromatic N) is 4. The van der Waals surface area contributed by atoms with Gasteiger partial charge in [-0.2, -0.15) is 0 Å². The van der Waals surface area contributed by atoms with Crippen LogP contribution < -0.4 is 10.5 Å². The van der Waals surface area contributed by atoms with Crippen LogP contribution in [0.2, 0.25) is 0 Å². The molecule has 0 amide bonds. The Morgan fingerprint density at radius 2 is 1.93 bits per heavy atom. The minimum atomic E-state index is -0.264. The van der Waals surface area contributed by atoms with E-state index in [1.165, 1.54) is 4.90 Å². The summed E-state index contributed by atoms with van der Waals surface area (Å²) in [4.78, 5) is 17.7. The molecule has 3 heterocycles. The molecule has 1 aromatic carbocycles. The van der Waals surface area contributed by atoms with E-state index in [1.807, 2.05) is 23.7 Å². The maximum Gasteiger partial charge on any atom is 0.258 e. The zero-order valence-electron chi connectivity index (χ0n) is 18.0. The zero-order chi connectivity index (χ0) is 20.8. The smallest absolute Gasteiger partial charge is 0.258 e. The zero-order valence-corrected chi connectivity index (χ0v) is 18.0. The maximum atomic E-state index is 13.2. The second kappa shape index (κ2) is 7.37. The lowest BCUT2D eigenvalue weighted by atomic mass is 9.95. The molecule has 0 bridgehead atoms. The first-order chi connectivity index (χ1) is 13.7. The number of pyridine rings is 1. The van der Waals surface area contributed by atoms with E-state index in [0.717, 1.165) is 59.7 Å². The summed E-state index contributed by atoms with van der Waals surface area (Å²) in [6.45, 7) is 12.6. The Kier molecular flexibility index (Phi) is 5.02. The molecule has 0 unspecified atom stereocenters. The van der Waals surface area contributed by atoms with Crippen LogP contribution in [0, 0.1) is 12.8 Å². The van der Waals surface area contributed by atoms with Crippen LogP contribution in [0.5, 0.6) is 0 Å². The van der Waals surface area contributed by atoms with Crippen LogP contribution in [0.4, 0.5) is 0 Å². The largest absolute Gasteiger partial charge is 0.322 e. The summed E-state index contributed by atoms with van der Waals surface area (Å²) >= 11 is 0. The van der Waals surface area contributed by atoms with Crippen molar-refractivity contribution >= 4 is 10.9 Å². The van der Waals surface area contributed by atoms with E-state index in [4.69, 9.17) is 0 Å². The van der Waals surface area contributed by atoms with Crippen molar-refractivity contribution in [1.29, 1.82) is 0 Å². The third-order valence-electron chi connectivity index (χ3n) is 6.05. The van der Waals surface area contributed by atoms with Gasteiger partial charge >= 0.3 is 0 Å². The number of fused-ring (bicyclic) bond motifs is 1. The average Bonchev–Trinajstić information content (AvgIpc) is 3.14. The van der Waals surface area contributed by atoms with Crippen LogP contribution >= 0.6 is 0 Å². The number of H-pyrrole nitrogens is 1. The number of quaternary nitrogens is 1. The highest BCUT2D eigenvalue weighted by Gasteiger charge is 2.37. The van der Waals surface area contributed by atoms with Gasteiger partial charge in [-0.25, -0.2) is 4.68 Å². The number of hydrogen-bond donors (Lipinski definition) is 2. The number of hydrogen-bond acceptors (Lipinski definition) is 4. The summed E-state index contributed by atoms with van der Waals surface area (Å²) in [6, 6.07) is 8.01. The molecule has 2 N–H and O–H groups in total. The van der Waals surface area contributed by atoms with E-state index in [2.05, 4.69) is 60.3 Å². The molecule has 1 atom stereocenters. The number of rotatable bonds is 3. The first-order valence-electron chi connectivity index (χ1n) is 10.5. The van der Waals surface area contributed by atoms with Gasteiger partial charge in [-0.3, -0.25) is 4.79 Å². The van der Waals surface area contributed by atoms with E-state index in [9.17, 15) is 4.79 Å². The van der Waals surface area contributed by atoms with Gasteiger partial charge in [-0.15, -0.1) is 5.10 Å². The van der Waals surface area contributed by atoms with E-state index in [1.54, 1.807) is 0 Å². The van der Waals surface area contributed by atoms with Gasteiger partial charge in [-0.1, -0.05) is 19.1 Å². The fourth-order valence-corrected chi connectivity index (χ4v) is 4.36. The van der Waals surface area contributed by atoms with Crippen molar-refractivity contribution in [1.82, 2.24) is 25.2 Å². The van der Waals surface area contributed by atoms with Crippen LogP contribution in [0.15, 0.2) is 29.1 Å². The van der Waals surface area contributed by atoms with Crippen LogP contribution in [0.1, 0.15) is 63.5 Å². The van der Waals surface area contributed by atoms with Gasteiger partial charge in [0, 0.05) is 5.52 Å². The molecular formula is C22H31N6O+. The van der Waals surface area contributed by atoms with Crippen molar-refractivity contribution in [2.24, 2.45) is 5.92 Å². The van der Waals surface area contributed by atoms with Crippen molar-refractivity contribution in [2.75, 3.05) is 13.1 Å². The Balaban J connectivity index is 1.88. The lowest BCUT2D eigenvalue weighted by Crippen LogP contribution is -3.13. The molecule has 0 radical (unpaired) electrons. The molecule has 0 aliphatic carbocycles. The van der Waals surface area contributed by atoms with Gasteiger partial charge in [0.05, 0.1) is 24.2 Å². The second-order valence-electron chi connectivity index (χ2n) is 9.54. The molecule has 1 aliphatic heterocycles. The van der Waals surface area contributed by atoms with E-state index >= 15 is 0 Å². The van der Waals surface area contributed by atoms with Crippen molar-refractivity contribution in [3.63, 3.8) is 0 Å². The fourth-order valence-electron chi connectivity index (χ4n) is 4.36. The third-order valence-corrected chi connectivity index (χ3v) is 6.05. The second-order valence-corrected chi connectivity index (χ2v) is 9.54. The average molecular weight is 396 g/mol. The molecule has 29 heavy (non-hydrogen) atoms. The van der Waals surface area contributed by atoms with Gasteiger partial charge in [-0.05, 0) is 80.0 Å². The first kappa shape index (κ1) is 19.8. The number of aromatic amines is 1. The summed E-state index contributed by atoms with van der Waals surface area (Å²) in [6.07, 6.45) is 2.29. The van der Waals surface area contributed by atoms with Gasteiger partial charge in [0.25, 0.3) is 5.56 Å². The molecule has 0 saturated carbocycles. The normalized spacial score (nSPS) is 21.4. The summed E-state index contributed by atoms with van der Waals surface area (Å²) in [7, 11) is 0. The SMILES string of the molecule is Cc1ccc2cc([C@@H](c3nnnn3C(C)(C)C)[NH+]3CCC(C)CC3)c(=O)[nH]c2c1. The highest BCUT2D eigenvalue weighted by Crippen LogP contribution is 2.23.